The van der Waals surface area contributed by atoms with Gasteiger partial charge in [-0.15, -0.1) is 11.3 Å². The van der Waals surface area contributed by atoms with Gasteiger partial charge < -0.3 is 10.1 Å². The monoisotopic (exact) mass is 336 g/mol. The molecule has 22 heavy (non-hydrogen) atoms. The highest BCUT2D eigenvalue weighted by atomic mass is 32.2. The van der Waals surface area contributed by atoms with Crippen LogP contribution in [0.25, 0.3) is 0 Å². The van der Waals surface area contributed by atoms with Crippen LogP contribution in [0.15, 0.2) is 34.0 Å². The van der Waals surface area contributed by atoms with E-state index < -0.39 is 5.97 Å². The quantitative estimate of drug-likeness (QED) is 0.649. The minimum Gasteiger partial charge on any atom is -0.452 e. The molecule has 0 atom stereocenters. The number of thioether (sulfide) groups is 1. The van der Waals surface area contributed by atoms with Gasteiger partial charge in [0.2, 0.25) is 0 Å². The number of amides is 1. The van der Waals surface area contributed by atoms with Crippen LogP contribution >= 0.6 is 23.1 Å². The van der Waals surface area contributed by atoms with Crippen molar-refractivity contribution in [1.29, 1.82) is 0 Å². The molecule has 0 saturated heterocycles. The van der Waals surface area contributed by atoms with Crippen LogP contribution in [0.5, 0.6) is 0 Å². The molecule has 0 aliphatic rings. The lowest BCUT2D eigenvalue weighted by Gasteiger charge is -2.05. The molecule has 0 saturated carbocycles. The summed E-state index contributed by atoms with van der Waals surface area (Å²) >= 11 is 3.29. The van der Waals surface area contributed by atoms with E-state index >= 15 is 0 Å². The molecule has 0 bridgehead atoms. The van der Waals surface area contributed by atoms with Crippen LogP contribution in [0.2, 0.25) is 0 Å². The lowest BCUT2D eigenvalue weighted by atomic mass is 10.1. The number of esters is 1. The largest absolute Gasteiger partial charge is 0.452 e. The zero-order valence-corrected chi connectivity index (χ0v) is 13.9. The molecule has 1 aromatic carbocycles. The Labute approximate surface area is 137 Å². The van der Waals surface area contributed by atoms with Gasteiger partial charge in [0, 0.05) is 23.9 Å². The molecule has 5 nitrogen and oxygen atoms in total. The number of ether oxygens (including phenoxy) is 1. The maximum absolute atomic E-state index is 11.7. The predicted molar refractivity (Wildman–Crippen MR) is 87.2 cm³/mol. The number of aromatic nitrogens is 1. The molecule has 116 valence electrons. The Balaban J connectivity index is 1.86. The Hall–Kier alpha value is -1.86. The first-order valence-corrected chi connectivity index (χ1v) is 8.46. The number of nitrogens with one attached hydrogen (secondary N) is 1. The average Bonchev–Trinajstić information content (AvgIpc) is 2.96. The Morgan fingerprint density at radius 2 is 2.05 bits per heavy atom. The van der Waals surface area contributed by atoms with Gasteiger partial charge in [-0.25, -0.2) is 9.78 Å². The molecule has 2 aromatic rings. The molecule has 2 rings (SSSR count). The van der Waals surface area contributed by atoms with Gasteiger partial charge in [0.1, 0.15) is 4.34 Å². The predicted octanol–water partition coefficient (Wildman–Crippen LogP) is 2.65. The van der Waals surface area contributed by atoms with Gasteiger partial charge in [-0.3, -0.25) is 4.79 Å². The topological polar surface area (TPSA) is 68.3 Å². The molecule has 0 fully saturated rings. The van der Waals surface area contributed by atoms with Crippen LogP contribution < -0.4 is 5.32 Å². The summed E-state index contributed by atoms with van der Waals surface area (Å²) in [6.45, 7) is 1.70. The first-order chi connectivity index (χ1) is 10.6. The van der Waals surface area contributed by atoms with Crippen LogP contribution in [-0.2, 0) is 15.3 Å². The number of likely N-dealkylation sites (N-methyl/N-ethyl adjacent to an activating group) is 1. The third-order valence-corrected chi connectivity index (χ3v) is 4.97. The van der Waals surface area contributed by atoms with Crippen molar-refractivity contribution in [1.82, 2.24) is 10.3 Å². The van der Waals surface area contributed by atoms with E-state index in [2.05, 4.69) is 10.3 Å². The fourth-order valence-electron chi connectivity index (χ4n) is 1.57. The van der Waals surface area contributed by atoms with Crippen molar-refractivity contribution in [3.05, 3.63) is 46.5 Å². The second kappa shape index (κ2) is 7.95. The normalized spacial score (nSPS) is 10.3. The Kier molecular flexibility index (Phi) is 5.97. The number of rotatable bonds is 6. The molecule has 1 heterocycles. The summed E-state index contributed by atoms with van der Waals surface area (Å²) in [7, 11) is 1.49. The fourth-order valence-corrected chi connectivity index (χ4v) is 3.37. The van der Waals surface area contributed by atoms with Crippen molar-refractivity contribution in [2.24, 2.45) is 0 Å². The summed E-state index contributed by atoms with van der Waals surface area (Å²) in [5.41, 5.74) is 2.56. The summed E-state index contributed by atoms with van der Waals surface area (Å²) in [4.78, 5) is 27.2. The van der Waals surface area contributed by atoms with E-state index in [1.807, 2.05) is 24.4 Å². The minimum atomic E-state index is -0.502. The fraction of sp³-hybridized carbons (Fsp3) is 0.267. The van der Waals surface area contributed by atoms with E-state index in [0.717, 1.165) is 21.3 Å². The molecular weight excluding hydrogens is 320 g/mol. The van der Waals surface area contributed by atoms with Gasteiger partial charge in [0.15, 0.2) is 6.61 Å². The van der Waals surface area contributed by atoms with Crippen molar-refractivity contribution < 1.29 is 14.3 Å². The highest BCUT2D eigenvalue weighted by Gasteiger charge is 2.09. The first-order valence-electron chi connectivity index (χ1n) is 6.60. The lowest BCUT2D eigenvalue weighted by Crippen LogP contribution is -2.25. The molecule has 0 spiro atoms. The summed E-state index contributed by atoms with van der Waals surface area (Å²) in [5.74, 6) is -0.0426. The van der Waals surface area contributed by atoms with Crippen molar-refractivity contribution in [2.75, 3.05) is 13.7 Å². The van der Waals surface area contributed by atoms with Crippen molar-refractivity contribution in [2.45, 2.75) is 17.0 Å². The maximum atomic E-state index is 11.7. The molecule has 7 heteroatoms. The minimum absolute atomic E-state index is 0.268. The summed E-state index contributed by atoms with van der Waals surface area (Å²) in [6, 6.07) is 7.16. The molecule has 1 N–H and O–H groups in total. The van der Waals surface area contributed by atoms with E-state index in [1.54, 1.807) is 35.2 Å². The highest BCUT2D eigenvalue weighted by Crippen LogP contribution is 2.26. The smallest absolute Gasteiger partial charge is 0.338 e. The third-order valence-electron chi connectivity index (χ3n) is 2.76. The van der Waals surface area contributed by atoms with Crippen LogP contribution in [0, 0.1) is 6.92 Å². The second-order valence-corrected chi connectivity index (χ2v) is 6.57. The number of carbonyl (C=O) groups excluding carboxylic acids is 2. The van der Waals surface area contributed by atoms with Crippen molar-refractivity contribution >= 4 is 35.0 Å². The summed E-state index contributed by atoms with van der Waals surface area (Å²) < 4.78 is 5.92. The zero-order valence-electron chi connectivity index (χ0n) is 12.3. The Morgan fingerprint density at radius 3 is 2.64 bits per heavy atom. The SMILES string of the molecule is CNC(=O)COC(=O)c1ccc(CSc2nc(C)cs2)cc1. The molecule has 0 radical (unpaired) electrons. The van der Waals surface area contributed by atoms with E-state index in [9.17, 15) is 9.59 Å². The van der Waals surface area contributed by atoms with Crippen molar-refractivity contribution in [3.63, 3.8) is 0 Å². The van der Waals surface area contributed by atoms with Crippen molar-refractivity contribution in [3.8, 4) is 0 Å². The lowest BCUT2D eigenvalue weighted by molar-refractivity contribution is -0.123. The van der Waals surface area contributed by atoms with E-state index in [0.29, 0.717) is 5.56 Å². The standard InChI is InChI=1S/C15H16N2O3S2/c1-10-8-21-15(17-10)22-9-11-3-5-12(6-4-11)14(19)20-7-13(18)16-2/h3-6,8H,7,9H2,1-2H3,(H,16,18). The number of thiazole rings is 1. The van der Waals surface area contributed by atoms with Gasteiger partial charge in [-0.05, 0) is 24.6 Å². The zero-order chi connectivity index (χ0) is 15.9. The number of benzene rings is 1. The van der Waals surface area contributed by atoms with Gasteiger partial charge in [0.05, 0.1) is 5.56 Å². The van der Waals surface area contributed by atoms with Crippen LogP contribution in [0.1, 0.15) is 21.6 Å². The number of hydrogen-bond donors (Lipinski definition) is 1. The summed E-state index contributed by atoms with van der Waals surface area (Å²) in [6.07, 6.45) is 0. The third kappa shape index (κ3) is 4.85. The van der Waals surface area contributed by atoms with Gasteiger partial charge in [0.25, 0.3) is 5.91 Å². The number of carbonyl (C=O) groups is 2. The van der Waals surface area contributed by atoms with E-state index in [1.165, 1.54) is 7.05 Å². The van der Waals surface area contributed by atoms with Crippen LogP contribution in [0.4, 0.5) is 0 Å². The molecular formula is C15H16N2O3S2. The molecule has 0 unspecified atom stereocenters. The summed E-state index contributed by atoms with van der Waals surface area (Å²) in [5, 5.41) is 4.41. The van der Waals surface area contributed by atoms with Gasteiger partial charge in [-0.2, -0.15) is 0 Å². The molecule has 1 aromatic heterocycles. The Morgan fingerprint density at radius 1 is 1.32 bits per heavy atom. The van der Waals surface area contributed by atoms with E-state index in [4.69, 9.17) is 4.74 Å². The average molecular weight is 336 g/mol. The first kappa shape index (κ1) is 16.5. The van der Waals surface area contributed by atoms with E-state index in [-0.39, 0.29) is 12.5 Å². The maximum Gasteiger partial charge on any atom is 0.338 e. The number of nitrogens with zero attached hydrogens (tertiary/aromatic N) is 1. The van der Waals surface area contributed by atoms with Crippen LogP contribution in [-0.4, -0.2) is 30.5 Å². The van der Waals surface area contributed by atoms with Gasteiger partial charge in [-0.1, -0.05) is 23.9 Å². The Bertz CT molecular complexity index is 653. The number of aryl methyl sites for hydroxylation is 1. The second-order valence-electron chi connectivity index (χ2n) is 4.49. The van der Waals surface area contributed by atoms with Crippen LogP contribution in [0.3, 0.4) is 0 Å². The molecule has 1 amide bonds. The van der Waals surface area contributed by atoms with Gasteiger partial charge >= 0.3 is 5.97 Å². The number of hydrogen-bond acceptors (Lipinski definition) is 6. The molecule has 0 aliphatic heterocycles. The molecule has 0 aliphatic carbocycles. The highest BCUT2D eigenvalue weighted by molar-refractivity contribution is 8.00.